The van der Waals surface area contributed by atoms with Gasteiger partial charge < -0.3 is 19.5 Å². The van der Waals surface area contributed by atoms with Gasteiger partial charge in [0.05, 0.1) is 17.2 Å². The highest BCUT2D eigenvalue weighted by atomic mass is 32.2. The molecule has 3 rings (SSSR count). The number of para-hydroxylation sites is 2. The van der Waals surface area contributed by atoms with Crippen LogP contribution in [0.1, 0.15) is 37.6 Å². The molecule has 1 atom stereocenters. The van der Waals surface area contributed by atoms with Gasteiger partial charge in [0.25, 0.3) is 0 Å². The number of ether oxygens (including phenoxy) is 3. The SMILES string of the molecule is C=C(NN=C1C(=N)OC(c2ccccc2OCC(=O)OCC)Nc2ccccc21)SCCC. The average molecular weight is 469 g/mol. The second kappa shape index (κ2) is 12.0. The summed E-state index contributed by atoms with van der Waals surface area (Å²) in [7, 11) is 0. The first-order valence-electron chi connectivity index (χ1n) is 10.7. The molecule has 1 aliphatic heterocycles. The minimum absolute atomic E-state index is 0.113. The summed E-state index contributed by atoms with van der Waals surface area (Å²) < 4.78 is 16.6. The number of hydrogen-bond acceptors (Lipinski definition) is 9. The van der Waals surface area contributed by atoms with Crippen LogP contribution in [-0.2, 0) is 14.3 Å². The maximum atomic E-state index is 11.8. The largest absolute Gasteiger partial charge is 0.481 e. The number of thioether (sulfide) groups is 1. The highest BCUT2D eigenvalue weighted by Crippen LogP contribution is 2.33. The summed E-state index contributed by atoms with van der Waals surface area (Å²) >= 11 is 1.57. The second-order valence-electron chi connectivity index (χ2n) is 6.99. The minimum atomic E-state index is -0.734. The molecule has 0 fully saturated rings. The maximum Gasteiger partial charge on any atom is 0.344 e. The standard InChI is InChI=1S/C24H28N4O4S/c1-4-14-33-16(3)27-28-22-17-10-6-8-12-19(17)26-24(32-23(22)25)18-11-7-9-13-20(18)31-15-21(29)30-5-2/h6-13,24-27H,3-5,14-15H2,1-2H3. The third-order valence-corrected chi connectivity index (χ3v) is 5.60. The Labute approximate surface area is 197 Å². The highest BCUT2D eigenvalue weighted by Gasteiger charge is 2.28. The number of fused-ring (bicyclic) bond motifs is 1. The van der Waals surface area contributed by atoms with Crippen molar-refractivity contribution >= 4 is 35.0 Å². The van der Waals surface area contributed by atoms with Gasteiger partial charge >= 0.3 is 5.97 Å². The van der Waals surface area contributed by atoms with Crippen molar-refractivity contribution in [3.63, 3.8) is 0 Å². The summed E-state index contributed by atoms with van der Waals surface area (Å²) in [6, 6.07) is 14.7. The van der Waals surface area contributed by atoms with E-state index in [4.69, 9.17) is 19.6 Å². The number of hydrogen-bond donors (Lipinski definition) is 3. The van der Waals surface area contributed by atoms with Crippen molar-refractivity contribution in [2.75, 3.05) is 24.3 Å². The van der Waals surface area contributed by atoms with Crippen LogP contribution in [0.25, 0.3) is 0 Å². The number of nitrogens with zero attached hydrogens (tertiary/aromatic N) is 1. The van der Waals surface area contributed by atoms with Crippen molar-refractivity contribution in [3.8, 4) is 5.75 Å². The van der Waals surface area contributed by atoms with Gasteiger partial charge in [-0.3, -0.25) is 10.8 Å². The number of benzene rings is 2. The van der Waals surface area contributed by atoms with Crippen molar-refractivity contribution in [1.82, 2.24) is 5.43 Å². The Hall–Kier alpha value is -3.46. The van der Waals surface area contributed by atoms with E-state index in [2.05, 4.69) is 29.3 Å². The number of anilines is 1. The fraction of sp³-hybridized carbons (Fsp3) is 0.292. The van der Waals surface area contributed by atoms with Crippen LogP contribution in [0, 0.1) is 5.41 Å². The zero-order valence-electron chi connectivity index (χ0n) is 18.7. The molecule has 0 saturated carbocycles. The smallest absolute Gasteiger partial charge is 0.344 e. The molecule has 2 aromatic rings. The molecule has 33 heavy (non-hydrogen) atoms. The normalized spacial score (nSPS) is 16.1. The van der Waals surface area contributed by atoms with Gasteiger partial charge in [0.1, 0.15) is 5.75 Å². The molecular formula is C24H28N4O4S. The van der Waals surface area contributed by atoms with E-state index in [9.17, 15) is 4.79 Å². The van der Waals surface area contributed by atoms with E-state index in [1.165, 1.54) is 0 Å². The summed E-state index contributed by atoms with van der Waals surface area (Å²) in [5.74, 6) is 0.810. The van der Waals surface area contributed by atoms with E-state index in [0.29, 0.717) is 22.1 Å². The number of nitrogens with one attached hydrogen (secondary N) is 3. The average Bonchev–Trinajstić information content (AvgIpc) is 2.96. The molecule has 1 unspecified atom stereocenters. The van der Waals surface area contributed by atoms with E-state index in [-0.39, 0.29) is 19.1 Å². The van der Waals surface area contributed by atoms with E-state index < -0.39 is 12.2 Å². The molecule has 0 aliphatic carbocycles. The molecule has 0 spiro atoms. The van der Waals surface area contributed by atoms with Crippen LogP contribution in [0.2, 0.25) is 0 Å². The highest BCUT2D eigenvalue weighted by molar-refractivity contribution is 8.02. The molecule has 8 nitrogen and oxygen atoms in total. The lowest BCUT2D eigenvalue weighted by molar-refractivity contribution is -0.145. The fourth-order valence-corrected chi connectivity index (χ4v) is 3.64. The molecule has 1 heterocycles. The van der Waals surface area contributed by atoms with Crippen molar-refractivity contribution < 1.29 is 19.0 Å². The van der Waals surface area contributed by atoms with E-state index in [0.717, 1.165) is 23.4 Å². The van der Waals surface area contributed by atoms with Crippen molar-refractivity contribution in [3.05, 3.63) is 71.3 Å². The molecular weight excluding hydrogens is 440 g/mol. The monoisotopic (exact) mass is 468 g/mol. The van der Waals surface area contributed by atoms with Crippen LogP contribution in [0.5, 0.6) is 5.75 Å². The van der Waals surface area contributed by atoms with Gasteiger partial charge in [-0.25, -0.2) is 4.79 Å². The van der Waals surface area contributed by atoms with Gasteiger partial charge in [0.2, 0.25) is 12.1 Å². The lowest BCUT2D eigenvalue weighted by atomic mass is 10.1. The van der Waals surface area contributed by atoms with E-state index >= 15 is 0 Å². The third-order valence-electron chi connectivity index (χ3n) is 4.54. The maximum absolute atomic E-state index is 11.8. The summed E-state index contributed by atoms with van der Waals surface area (Å²) in [5.41, 5.74) is 5.38. The van der Waals surface area contributed by atoms with Crippen molar-refractivity contribution in [1.29, 1.82) is 5.41 Å². The Balaban J connectivity index is 1.87. The topological polar surface area (TPSA) is 105 Å². The molecule has 0 saturated heterocycles. The van der Waals surface area contributed by atoms with Crippen molar-refractivity contribution in [2.24, 2.45) is 5.10 Å². The van der Waals surface area contributed by atoms with Crippen LogP contribution in [0.4, 0.5) is 5.69 Å². The number of esters is 1. The number of rotatable bonds is 10. The Bertz CT molecular complexity index is 1040. The summed E-state index contributed by atoms with van der Waals surface area (Å²) in [6.45, 7) is 7.86. The Morgan fingerprint density at radius 1 is 1.24 bits per heavy atom. The molecule has 9 heteroatoms. The summed E-state index contributed by atoms with van der Waals surface area (Å²) in [6.07, 6.45) is 0.287. The number of carbonyl (C=O) groups is 1. The van der Waals surface area contributed by atoms with Crippen LogP contribution < -0.4 is 15.5 Å². The third kappa shape index (κ3) is 6.52. The fourth-order valence-electron chi connectivity index (χ4n) is 3.08. The summed E-state index contributed by atoms with van der Waals surface area (Å²) in [5, 5.41) is 17.0. The van der Waals surface area contributed by atoms with Gasteiger partial charge in [-0.2, -0.15) is 5.10 Å². The zero-order chi connectivity index (χ0) is 23.6. The molecule has 0 bridgehead atoms. The first-order valence-corrected chi connectivity index (χ1v) is 11.7. The number of hydrazone groups is 1. The summed E-state index contributed by atoms with van der Waals surface area (Å²) in [4.78, 5) is 11.8. The quantitative estimate of drug-likeness (QED) is 0.344. The van der Waals surface area contributed by atoms with Crippen LogP contribution >= 0.6 is 11.8 Å². The van der Waals surface area contributed by atoms with E-state index in [1.54, 1.807) is 30.8 Å². The van der Waals surface area contributed by atoms with Gasteiger partial charge in [-0.1, -0.05) is 43.8 Å². The van der Waals surface area contributed by atoms with Gasteiger partial charge in [-0.15, -0.1) is 11.8 Å². The molecule has 1 aliphatic rings. The molecule has 3 N–H and O–H groups in total. The van der Waals surface area contributed by atoms with Crippen LogP contribution in [0.15, 0.2) is 65.2 Å². The van der Waals surface area contributed by atoms with Crippen LogP contribution in [0.3, 0.4) is 0 Å². The van der Waals surface area contributed by atoms with Gasteiger partial charge in [-0.05, 0) is 37.3 Å². The van der Waals surface area contributed by atoms with E-state index in [1.807, 2.05) is 36.4 Å². The lowest BCUT2D eigenvalue weighted by Gasteiger charge is -2.21. The predicted octanol–water partition coefficient (Wildman–Crippen LogP) is 4.65. The zero-order valence-corrected chi connectivity index (χ0v) is 19.5. The molecule has 0 radical (unpaired) electrons. The lowest BCUT2D eigenvalue weighted by Crippen LogP contribution is -2.22. The first kappa shape index (κ1) is 24.2. The van der Waals surface area contributed by atoms with Gasteiger partial charge in [0, 0.05) is 11.3 Å². The Kier molecular flexibility index (Phi) is 8.77. The van der Waals surface area contributed by atoms with Crippen molar-refractivity contribution in [2.45, 2.75) is 26.5 Å². The minimum Gasteiger partial charge on any atom is -0.481 e. The molecule has 2 aromatic carbocycles. The van der Waals surface area contributed by atoms with Gasteiger partial charge in [0.15, 0.2) is 12.3 Å². The number of carbonyl (C=O) groups excluding carboxylic acids is 1. The molecule has 0 amide bonds. The Morgan fingerprint density at radius 2 is 2.00 bits per heavy atom. The van der Waals surface area contributed by atoms with Crippen LogP contribution in [-0.4, -0.2) is 36.5 Å². The predicted molar refractivity (Wildman–Crippen MR) is 132 cm³/mol. The molecule has 0 aromatic heterocycles. The Morgan fingerprint density at radius 3 is 2.79 bits per heavy atom. The second-order valence-corrected chi connectivity index (χ2v) is 8.18. The first-order chi connectivity index (χ1) is 16.0. The molecule has 174 valence electrons.